The molecular formula is C25H30ClN3O5. The number of pyridine rings is 1. The second-order valence-corrected chi connectivity index (χ2v) is 9.76. The molecule has 1 aromatic carbocycles. The van der Waals surface area contributed by atoms with Crippen LogP contribution in [0.2, 0.25) is 5.02 Å². The number of benzene rings is 1. The van der Waals surface area contributed by atoms with Crippen molar-refractivity contribution in [3.05, 3.63) is 68.6 Å². The minimum absolute atomic E-state index is 0.0462. The molecule has 182 valence electrons. The number of aromatic amines is 1. The number of carbonyl (C=O) groups is 3. The van der Waals surface area contributed by atoms with Gasteiger partial charge < -0.3 is 19.9 Å². The molecule has 0 spiro atoms. The van der Waals surface area contributed by atoms with Crippen molar-refractivity contribution >= 4 is 29.4 Å². The van der Waals surface area contributed by atoms with E-state index in [1.807, 2.05) is 6.07 Å². The summed E-state index contributed by atoms with van der Waals surface area (Å²) in [6.07, 6.45) is 1.43. The number of aryl methyl sites for hydroxylation is 1. The average molecular weight is 488 g/mol. The number of nitrogens with one attached hydrogen (secondary N) is 2. The van der Waals surface area contributed by atoms with Gasteiger partial charge >= 0.3 is 6.09 Å². The molecule has 1 fully saturated rings. The molecule has 3 rings (SSSR count). The zero-order valence-corrected chi connectivity index (χ0v) is 20.4. The van der Waals surface area contributed by atoms with Crippen molar-refractivity contribution in [3.63, 3.8) is 0 Å². The summed E-state index contributed by atoms with van der Waals surface area (Å²) in [4.78, 5) is 53.6. The Morgan fingerprint density at radius 3 is 2.65 bits per heavy atom. The third-order valence-corrected chi connectivity index (χ3v) is 5.75. The van der Waals surface area contributed by atoms with Crippen LogP contribution in [0.15, 0.2) is 41.2 Å². The van der Waals surface area contributed by atoms with Crippen molar-refractivity contribution in [1.82, 2.24) is 15.2 Å². The summed E-state index contributed by atoms with van der Waals surface area (Å²) in [6.45, 7) is 6.08. The Balaban J connectivity index is 1.64. The van der Waals surface area contributed by atoms with E-state index in [1.54, 1.807) is 39.0 Å². The molecule has 2 heterocycles. The molecule has 2 aromatic rings. The first-order valence-corrected chi connectivity index (χ1v) is 11.7. The summed E-state index contributed by atoms with van der Waals surface area (Å²) >= 11 is 6.18. The molecule has 0 aliphatic carbocycles. The van der Waals surface area contributed by atoms with Crippen LogP contribution < -0.4 is 10.9 Å². The van der Waals surface area contributed by atoms with Gasteiger partial charge in [-0.05, 0) is 69.4 Å². The molecule has 0 saturated carbocycles. The highest BCUT2D eigenvalue weighted by molar-refractivity contribution is 6.30. The van der Waals surface area contributed by atoms with E-state index in [0.29, 0.717) is 24.4 Å². The number of ketones is 1. The van der Waals surface area contributed by atoms with E-state index < -0.39 is 17.7 Å². The fourth-order valence-corrected chi connectivity index (χ4v) is 4.17. The third kappa shape index (κ3) is 6.93. The summed E-state index contributed by atoms with van der Waals surface area (Å²) in [5.41, 5.74) is 0.903. The first-order valence-electron chi connectivity index (χ1n) is 11.3. The Hall–Kier alpha value is -3.13. The van der Waals surface area contributed by atoms with Gasteiger partial charge in [-0.3, -0.25) is 14.4 Å². The Morgan fingerprint density at radius 2 is 1.94 bits per heavy atom. The van der Waals surface area contributed by atoms with Crippen LogP contribution in [0.1, 0.15) is 61.6 Å². The molecule has 9 heteroatoms. The number of ether oxygens (including phenoxy) is 1. The topological polar surface area (TPSA) is 109 Å². The van der Waals surface area contributed by atoms with Gasteiger partial charge in [0.15, 0.2) is 5.78 Å². The second-order valence-electron chi connectivity index (χ2n) is 9.32. The number of likely N-dealkylation sites (tertiary alicyclic amines) is 1. The zero-order chi connectivity index (χ0) is 24.9. The van der Waals surface area contributed by atoms with Crippen molar-refractivity contribution in [2.75, 3.05) is 6.54 Å². The van der Waals surface area contributed by atoms with Gasteiger partial charge in [-0.2, -0.15) is 0 Å². The quantitative estimate of drug-likeness (QED) is 0.616. The maximum atomic E-state index is 13.1. The molecule has 2 amide bonds. The van der Waals surface area contributed by atoms with Crippen LogP contribution >= 0.6 is 11.6 Å². The number of rotatable bonds is 7. The highest BCUT2D eigenvalue weighted by atomic mass is 35.5. The highest BCUT2D eigenvalue weighted by Crippen LogP contribution is 2.23. The number of amides is 2. The monoisotopic (exact) mass is 487 g/mol. The summed E-state index contributed by atoms with van der Waals surface area (Å²) in [5, 5.41) is 3.27. The first kappa shape index (κ1) is 25.5. The first-order chi connectivity index (χ1) is 16.0. The largest absolute Gasteiger partial charge is 0.444 e. The predicted octanol–water partition coefficient (Wildman–Crippen LogP) is 3.86. The zero-order valence-electron chi connectivity index (χ0n) is 19.7. The number of hydrogen-bond acceptors (Lipinski definition) is 5. The maximum absolute atomic E-state index is 13.1. The van der Waals surface area contributed by atoms with Gasteiger partial charge in [0, 0.05) is 30.6 Å². The van der Waals surface area contributed by atoms with Crippen LogP contribution in [0.25, 0.3) is 0 Å². The lowest BCUT2D eigenvalue weighted by atomic mass is 9.98. The van der Waals surface area contributed by atoms with Crippen LogP contribution in [0, 0.1) is 0 Å². The van der Waals surface area contributed by atoms with Gasteiger partial charge in [-0.15, -0.1) is 0 Å². The van der Waals surface area contributed by atoms with Crippen molar-refractivity contribution in [2.45, 2.75) is 64.6 Å². The van der Waals surface area contributed by atoms with Crippen LogP contribution in [-0.4, -0.2) is 45.9 Å². The smallest absolute Gasteiger partial charge is 0.407 e. The fraction of sp³-hybridized carbons (Fsp3) is 0.440. The molecule has 0 radical (unpaired) electrons. The van der Waals surface area contributed by atoms with Crippen molar-refractivity contribution in [3.8, 4) is 0 Å². The molecule has 0 bridgehead atoms. The lowest BCUT2D eigenvalue weighted by molar-refractivity contribution is -0.122. The number of Topliss-reactive ketones (excluding diaryl/α,β-unsaturated/α-hetero) is 1. The molecule has 1 atom stereocenters. The van der Waals surface area contributed by atoms with E-state index >= 15 is 0 Å². The number of carbonyl (C=O) groups excluding carboxylic acids is 3. The number of H-pyrrole nitrogens is 1. The molecule has 0 unspecified atom stereocenters. The van der Waals surface area contributed by atoms with E-state index in [9.17, 15) is 19.2 Å². The Kier molecular flexibility index (Phi) is 8.15. The number of hydrogen-bond donors (Lipinski definition) is 2. The predicted molar refractivity (Wildman–Crippen MR) is 129 cm³/mol. The standard InChI is InChI=1S/C25H30ClN3O5/c1-25(2,3)34-24(33)27-15-17-9-11-18(26)14-16(17)10-12-21(30)20-7-5-13-29(20)23(32)19-6-4-8-22(31)28-19/h4,6,8-9,11,14,20H,5,7,10,12-13,15H2,1-3H3,(H,27,33)(H,28,31)/t20-/m0/s1. The van der Waals surface area contributed by atoms with Gasteiger partial charge in [0.2, 0.25) is 5.56 Å². The van der Waals surface area contributed by atoms with Crippen molar-refractivity contribution < 1.29 is 19.1 Å². The van der Waals surface area contributed by atoms with Gasteiger partial charge in [0.1, 0.15) is 11.3 Å². The maximum Gasteiger partial charge on any atom is 0.407 e. The molecule has 1 aliphatic heterocycles. The SMILES string of the molecule is CC(C)(C)OC(=O)NCc1ccc(Cl)cc1CCC(=O)[C@@H]1CCCN1C(=O)c1cccc(=O)[nH]1. The summed E-state index contributed by atoms with van der Waals surface area (Å²) in [5.74, 6) is -0.395. The van der Waals surface area contributed by atoms with E-state index in [4.69, 9.17) is 16.3 Å². The summed E-state index contributed by atoms with van der Waals surface area (Å²) in [6, 6.07) is 9.20. The van der Waals surface area contributed by atoms with Gasteiger partial charge in [-0.1, -0.05) is 23.7 Å². The lowest BCUT2D eigenvalue weighted by Crippen LogP contribution is -2.41. The molecule has 1 aliphatic rings. The van der Waals surface area contributed by atoms with Crippen molar-refractivity contribution in [1.29, 1.82) is 0 Å². The van der Waals surface area contributed by atoms with Gasteiger partial charge in [-0.25, -0.2) is 4.79 Å². The van der Waals surface area contributed by atoms with E-state index in [-0.39, 0.29) is 35.9 Å². The number of halogens is 1. The third-order valence-electron chi connectivity index (χ3n) is 5.52. The van der Waals surface area contributed by atoms with Gasteiger partial charge in [0.25, 0.3) is 5.91 Å². The van der Waals surface area contributed by atoms with Crippen LogP contribution in [0.4, 0.5) is 4.79 Å². The molecule has 8 nitrogen and oxygen atoms in total. The number of alkyl carbamates (subject to hydrolysis) is 1. The highest BCUT2D eigenvalue weighted by Gasteiger charge is 2.34. The molecule has 1 saturated heterocycles. The van der Waals surface area contributed by atoms with Crippen LogP contribution in [0.3, 0.4) is 0 Å². The Morgan fingerprint density at radius 1 is 1.18 bits per heavy atom. The van der Waals surface area contributed by atoms with E-state index in [1.165, 1.54) is 17.0 Å². The summed E-state index contributed by atoms with van der Waals surface area (Å²) < 4.78 is 5.28. The Labute approximate surface area is 203 Å². The molecule has 1 aromatic heterocycles. The fourth-order valence-electron chi connectivity index (χ4n) is 3.98. The minimum atomic E-state index is -0.601. The molecular weight excluding hydrogens is 458 g/mol. The van der Waals surface area contributed by atoms with Crippen LogP contribution in [0.5, 0.6) is 0 Å². The minimum Gasteiger partial charge on any atom is -0.444 e. The van der Waals surface area contributed by atoms with E-state index in [2.05, 4.69) is 10.3 Å². The molecule has 2 N–H and O–H groups in total. The molecule has 34 heavy (non-hydrogen) atoms. The van der Waals surface area contributed by atoms with Crippen molar-refractivity contribution in [2.24, 2.45) is 0 Å². The van der Waals surface area contributed by atoms with E-state index in [0.717, 1.165) is 17.5 Å². The van der Waals surface area contributed by atoms with Gasteiger partial charge in [0.05, 0.1) is 6.04 Å². The lowest BCUT2D eigenvalue weighted by Gasteiger charge is -2.24. The summed E-state index contributed by atoms with van der Waals surface area (Å²) in [7, 11) is 0. The number of aromatic nitrogens is 1. The van der Waals surface area contributed by atoms with Crippen LogP contribution in [-0.2, 0) is 22.5 Å². The average Bonchev–Trinajstić information content (AvgIpc) is 3.25. The normalized spacial score (nSPS) is 15.8. The second kappa shape index (κ2) is 10.9. The number of nitrogens with zero attached hydrogens (tertiary/aromatic N) is 1. The Bertz CT molecular complexity index is 1120.